The van der Waals surface area contributed by atoms with Gasteiger partial charge in [-0.25, -0.2) is 0 Å². The van der Waals surface area contributed by atoms with E-state index in [1.54, 1.807) is 0 Å². The maximum Gasteiger partial charge on any atom is 0.323 e. The normalized spacial score (nSPS) is 23.3. The molecule has 1 aliphatic rings. The molecule has 0 aromatic carbocycles. The van der Waals surface area contributed by atoms with Gasteiger partial charge in [0.15, 0.2) is 0 Å². The van der Waals surface area contributed by atoms with Crippen LogP contribution in [0, 0.1) is 0 Å². The Morgan fingerprint density at radius 1 is 1.40 bits per heavy atom. The third-order valence-corrected chi connectivity index (χ3v) is 4.12. The number of hydrogen-bond donors (Lipinski definition) is 1. The second-order valence-electron chi connectivity index (χ2n) is 5.60. The molecule has 1 aliphatic heterocycles. The minimum Gasteiger partial charge on any atom is -0.465 e. The molecule has 0 spiro atoms. The highest BCUT2D eigenvalue weighted by molar-refractivity contribution is 5.75. The molecule has 2 unspecified atom stereocenters. The highest BCUT2D eigenvalue weighted by Gasteiger charge is 2.24. The molecule has 0 aromatic heterocycles. The highest BCUT2D eigenvalue weighted by Crippen LogP contribution is 2.13. The lowest BCUT2D eigenvalue weighted by Gasteiger charge is -2.31. The molecule has 1 heterocycles. The molecule has 20 heavy (non-hydrogen) atoms. The first-order valence-electron chi connectivity index (χ1n) is 7.88. The first-order valence-corrected chi connectivity index (χ1v) is 7.88. The van der Waals surface area contributed by atoms with Crippen molar-refractivity contribution in [2.24, 2.45) is 0 Å². The molecule has 0 amide bonds. The van der Waals surface area contributed by atoms with Crippen LogP contribution >= 0.6 is 0 Å². The Bertz CT molecular complexity index is 286. The number of carbonyl (C=O) groups is 1. The van der Waals surface area contributed by atoms with Crippen molar-refractivity contribution in [2.75, 3.05) is 46.9 Å². The summed E-state index contributed by atoms with van der Waals surface area (Å²) in [5.74, 6) is -0.130. The standard InChI is InChI=1S/C15H31N3O2/c1-5-13-12-17(4)9-7-10-18(13)11-8-14(16-3)15(19)20-6-2/h13-14,16H,5-12H2,1-4H3. The van der Waals surface area contributed by atoms with Crippen LogP contribution in [0.3, 0.4) is 0 Å². The van der Waals surface area contributed by atoms with E-state index in [9.17, 15) is 4.79 Å². The van der Waals surface area contributed by atoms with Gasteiger partial charge < -0.3 is 15.0 Å². The number of nitrogens with one attached hydrogen (secondary N) is 1. The lowest BCUT2D eigenvalue weighted by molar-refractivity contribution is -0.145. The van der Waals surface area contributed by atoms with Crippen molar-refractivity contribution >= 4 is 5.97 Å². The summed E-state index contributed by atoms with van der Waals surface area (Å²) in [6.07, 6.45) is 3.18. The van der Waals surface area contributed by atoms with E-state index < -0.39 is 0 Å². The summed E-state index contributed by atoms with van der Waals surface area (Å²) < 4.78 is 5.10. The predicted octanol–water partition coefficient (Wildman–Crippen LogP) is 0.944. The van der Waals surface area contributed by atoms with Crippen LogP contribution in [-0.2, 0) is 9.53 Å². The van der Waals surface area contributed by atoms with Gasteiger partial charge in [-0.2, -0.15) is 0 Å². The van der Waals surface area contributed by atoms with Gasteiger partial charge in [-0.05, 0) is 53.4 Å². The van der Waals surface area contributed by atoms with Crippen molar-refractivity contribution in [3.05, 3.63) is 0 Å². The molecule has 1 fully saturated rings. The summed E-state index contributed by atoms with van der Waals surface area (Å²) in [6.45, 7) is 8.92. The molecule has 5 nitrogen and oxygen atoms in total. The van der Waals surface area contributed by atoms with Crippen LogP contribution in [0.25, 0.3) is 0 Å². The minimum atomic E-state index is -0.187. The van der Waals surface area contributed by atoms with E-state index in [0.29, 0.717) is 12.6 Å². The Morgan fingerprint density at radius 3 is 2.75 bits per heavy atom. The van der Waals surface area contributed by atoms with Crippen LogP contribution < -0.4 is 5.32 Å². The molecule has 0 aromatic rings. The van der Waals surface area contributed by atoms with Crippen LogP contribution in [-0.4, -0.2) is 74.7 Å². The van der Waals surface area contributed by atoms with E-state index in [4.69, 9.17) is 4.74 Å². The Hall–Kier alpha value is -0.650. The average molecular weight is 285 g/mol. The molecular weight excluding hydrogens is 254 g/mol. The maximum absolute atomic E-state index is 11.8. The largest absolute Gasteiger partial charge is 0.465 e. The van der Waals surface area contributed by atoms with E-state index in [2.05, 4.69) is 29.1 Å². The molecular formula is C15H31N3O2. The molecule has 0 saturated carbocycles. The third kappa shape index (κ3) is 5.38. The zero-order valence-corrected chi connectivity index (χ0v) is 13.5. The van der Waals surface area contributed by atoms with Gasteiger partial charge in [-0.15, -0.1) is 0 Å². The molecule has 0 radical (unpaired) electrons. The van der Waals surface area contributed by atoms with Gasteiger partial charge >= 0.3 is 5.97 Å². The Kier molecular flexibility index (Phi) is 8.11. The minimum absolute atomic E-state index is 0.130. The number of ether oxygens (including phenoxy) is 1. The van der Waals surface area contributed by atoms with Crippen LogP contribution in [0.2, 0.25) is 0 Å². The summed E-state index contributed by atoms with van der Waals surface area (Å²) in [4.78, 5) is 16.8. The van der Waals surface area contributed by atoms with Crippen molar-refractivity contribution in [1.82, 2.24) is 15.1 Å². The average Bonchev–Trinajstić information content (AvgIpc) is 2.61. The van der Waals surface area contributed by atoms with Gasteiger partial charge in [-0.1, -0.05) is 6.92 Å². The fraction of sp³-hybridized carbons (Fsp3) is 0.933. The molecule has 5 heteroatoms. The van der Waals surface area contributed by atoms with E-state index >= 15 is 0 Å². The molecule has 1 rings (SSSR count). The van der Waals surface area contributed by atoms with Crippen molar-refractivity contribution in [1.29, 1.82) is 0 Å². The van der Waals surface area contributed by atoms with E-state index in [1.165, 1.54) is 13.0 Å². The molecule has 0 aliphatic carbocycles. The maximum atomic E-state index is 11.8. The van der Waals surface area contributed by atoms with Gasteiger partial charge in [0.05, 0.1) is 6.61 Å². The van der Waals surface area contributed by atoms with E-state index in [-0.39, 0.29) is 12.0 Å². The molecule has 2 atom stereocenters. The summed E-state index contributed by atoms with van der Waals surface area (Å²) in [7, 11) is 4.02. The lowest BCUT2D eigenvalue weighted by atomic mass is 10.1. The highest BCUT2D eigenvalue weighted by atomic mass is 16.5. The van der Waals surface area contributed by atoms with E-state index in [1.807, 2.05) is 14.0 Å². The lowest BCUT2D eigenvalue weighted by Crippen LogP contribution is -2.44. The SMILES string of the molecule is CCOC(=O)C(CCN1CCCN(C)CC1CC)NC. The topological polar surface area (TPSA) is 44.8 Å². The van der Waals surface area contributed by atoms with Crippen LogP contribution in [0.4, 0.5) is 0 Å². The summed E-state index contributed by atoms with van der Waals surface area (Å²) in [6, 6.07) is 0.413. The second-order valence-corrected chi connectivity index (χ2v) is 5.60. The number of likely N-dealkylation sites (N-methyl/N-ethyl adjacent to an activating group) is 2. The van der Waals surface area contributed by atoms with Crippen LogP contribution in [0.5, 0.6) is 0 Å². The quantitative estimate of drug-likeness (QED) is 0.706. The van der Waals surface area contributed by atoms with Gasteiger partial charge in [-0.3, -0.25) is 9.69 Å². The summed E-state index contributed by atoms with van der Waals surface area (Å²) >= 11 is 0. The van der Waals surface area contributed by atoms with Gasteiger partial charge in [0.25, 0.3) is 0 Å². The van der Waals surface area contributed by atoms with E-state index in [0.717, 1.165) is 32.5 Å². The number of esters is 1. The Balaban J connectivity index is 2.49. The van der Waals surface area contributed by atoms with Crippen molar-refractivity contribution in [3.63, 3.8) is 0 Å². The number of hydrogen-bond acceptors (Lipinski definition) is 5. The molecule has 118 valence electrons. The van der Waals surface area contributed by atoms with Crippen molar-refractivity contribution in [3.8, 4) is 0 Å². The smallest absolute Gasteiger partial charge is 0.323 e. The van der Waals surface area contributed by atoms with Gasteiger partial charge in [0, 0.05) is 19.1 Å². The third-order valence-electron chi connectivity index (χ3n) is 4.12. The summed E-state index contributed by atoms with van der Waals surface area (Å²) in [5.41, 5.74) is 0. The van der Waals surface area contributed by atoms with Crippen molar-refractivity contribution < 1.29 is 9.53 Å². The fourth-order valence-corrected chi connectivity index (χ4v) is 2.89. The monoisotopic (exact) mass is 285 g/mol. The molecule has 1 N–H and O–H groups in total. The summed E-state index contributed by atoms with van der Waals surface area (Å²) in [5, 5.41) is 3.07. The first-order chi connectivity index (χ1) is 9.62. The first kappa shape index (κ1) is 17.4. The van der Waals surface area contributed by atoms with Crippen LogP contribution in [0.1, 0.15) is 33.1 Å². The number of nitrogens with zero attached hydrogens (tertiary/aromatic N) is 2. The van der Waals surface area contributed by atoms with Crippen LogP contribution in [0.15, 0.2) is 0 Å². The number of rotatable bonds is 7. The zero-order chi connectivity index (χ0) is 15.0. The van der Waals surface area contributed by atoms with Crippen molar-refractivity contribution in [2.45, 2.75) is 45.2 Å². The number of carbonyl (C=O) groups excluding carboxylic acids is 1. The fourth-order valence-electron chi connectivity index (χ4n) is 2.89. The molecule has 1 saturated heterocycles. The Labute approximate surface area is 123 Å². The van der Waals surface area contributed by atoms with Gasteiger partial charge in [0.1, 0.15) is 6.04 Å². The van der Waals surface area contributed by atoms with Gasteiger partial charge in [0.2, 0.25) is 0 Å². The molecule has 0 bridgehead atoms. The predicted molar refractivity (Wildman–Crippen MR) is 81.9 cm³/mol. The zero-order valence-electron chi connectivity index (χ0n) is 13.5. The second kappa shape index (κ2) is 9.32. The Morgan fingerprint density at radius 2 is 2.15 bits per heavy atom.